The number of Topliss-reactive ketones (excluding diaryl/α,β-unsaturated/α-hetero) is 1. The normalized spacial score (nSPS) is 17.1. The summed E-state index contributed by atoms with van der Waals surface area (Å²) in [5.41, 5.74) is 1.58. The molecule has 148 valence electrons. The Labute approximate surface area is 169 Å². The third-order valence-corrected chi connectivity index (χ3v) is 5.85. The summed E-state index contributed by atoms with van der Waals surface area (Å²) in [6, 6.07) is 8.80. The molecule has 7 heteroatoms. The van der Waals surface area contributed by atoms with Crippen molar-refractivity contribution in [3.8, 4) is 0 Å². The minimum Gasteiger partial charge on any atom is -0.503 e. The highest BCUT2D eigenvalue weighted by atomic mass is 32.1. The van der Waals surface area contributed by atoms with E-state index in [0.29, 0.717) is 17.1 Å². The number of nitrogens with zero attached hydrogens (tertiary/aromatic N) is 3. The Balaban J connectivity index is 2.01. The molecule has 2 aromatic rings. The molecule has 1 unspecified atom stereocenters. The summed E-state index contributed by atoms with van der Waals surface area (Å²) < 4.78 is 0. The number of aromatic nitrogens is 1. The van der Waals surface area contributed by atoms with Gasteiger partial charge in [-0.3, -0.25) is 9.59 Å². The van der Waals surface area contributed by atoms with Gasteiger partial charge in [0.25, 0.3) is 5.91 Å². The highest BCUT2D eigenvalue weighted by molar-refractivity contribution is 7.14. The van der Waals surface area contributed by atoms with Crippen molar-refractivity contribution in [3.63, 3.8) is 0 Å². The highest BCUT2D eigenvalue weighted by Gasteiger charge is 2.44. The zero-order valence-corrected chi connectivity index (χ0v) is 17.4. The second kappa shape index (κ2) is 8.24. The SMILES string of the molecule is Cc1nc(C)c(C(=O)C2=C(O)C(=O)N(CCCN(C)C)C2c2ccccc2)s1. The van der Waals surface area contributed by atoms with E-state index in [2.05, 4.69) is 4.98 Å². The molecule has 0 aliphatic carbocycles. The lowest BCUT2D eigenvalue weighted by Gasteiger charge is -2.27. The number of ketones is 1. The van der Waals surface area contributed by atoms with Crippen LogP contribution in [0.2, 0.25) is 0 Å². The number of benzene rings is 1. The van der Waals surface area contributed by atoms with Crippen molar-refractivity contribution in [3.05, 3.63) is 62.8 Å². The lowest BCUT2D eigenvalue weighted by molar-refractivity contribution is -0.129. The monoisotopic (exact) mass is 399 g/mol. The van der Waals surface area contributed by atoms with Crippen molar-refractivity contribution >= 4 is 23.0 Å². The van der Waals surface area contributed by atoms with Gasteiger partial charge in [0, 0.05) is 6.54 Å². The fraction of sp³-hybridized carbons (Fsp3) is 0.381. The lowest BCUT2D eigenvalue weighted by atomic mass is 9.95. The zero-order valence-electron chi connectivity index (χ0n) is 16.6. The summed E-state index contributed by atoms with van der Waals surface area (Å²) in [6.07, 6.45) is 0.746. The number of hydrogen-bond acceptors (Lipinski definition) is 6. The molecule has 0 saturated heterocycles. The molecule has 0 fully saturated rings. The van der Waals surface area contributed by atoms with Crippen LogP contribution in [0.4, 0.5) is 0 Å². The summed E-state index contributed by atoms with van der Waals surface area (Å²) in [6.45, 7) is 4.88. The van der Waals surface area contributed by atoms with E-state index in [-0.39, 0.29) is 11.4 Å². The average Bonchev–Trinajstić information content (AvgIpc) is 3.12. The first-order chi connectivity index (χ1) is 13.3. The van der Waals surface area contributed by atoms with Crippen LogP contribution in [0.1, 0.15) is 38.4 Å². The van der Waals surface area contributed by atoms with E-state index in [1.807, 2.05) is 56.3 Å². The van der Waals surface area contributed by atoms with E-state index in [9.17, 15) is 14.7 Å². The van der Waals surface area contributed by atoms with Crippen LogP contribution >= 0.6 is 11.3 Å². The van der Waals surface area contributed by atoms with Crippen molar-refractivity contribution in [1.29, 1.82) is 0 Å². The summed E-state index contributed by atoms with van der Waals surface area (Å²) in [4.78, 5) is 34.6. The van der Waals surface area contributed by atoms with Gasteiger partial charge in [0.15, 0.2) is 5.76 Å². The van der Waals surface area contributed by atoms with Gasteiger partial charge >= 0.3 is 0 Å². The Morgan fingerprint density at radius 3 is 2.50 bits per heavy atom. The number of carbonyl (C=O) groups excluding carboxylic acids is 2. The van der Waals surface area contributed by atoms with Crippen LogP contribution in [-0.2, 0) is 4.79 Å². The highest BCUT2D eigenvalue weighted by Crippen LogP contribution is 2.40. The predicted octanol–water partition coefficient (Wildman–Crippen LogP) is 3.29. The first-order valence-electron chi connectivity index (χ1n) is 9.23. The summed E-state index contributed by atoms with van der Waals surface area (Å²) in [7, 11) is 3.94. The maximum Gasteiger partial charge on any atom is 0.290 e. The second-order valence-electron chi connectivity index (χ2n) is 7.21. The quantitative estimate of drug-likeness (QED) is 0.723. The van der Waals surface area contributed by atoms with Gasteiger partial charge in [-0.05, 0) is 46.5 Å². The number of aryl methyl sites for hydroxylation is 2. The Kier molecular flexibility index (Phi) is 5.96. The molecule has 28 heavy (non-hydrogen) atoms. The van der Waals surface area contributed by atoms with Crippen molar-refractivity contribution in [1.82, 2.24) is 14.8 Å². The maximum atomic E-state index is 13.3. The third-order valence-electron chi connectivity index (χ3n) is 4.78. The molecule has 6 nitrogen and oxygen atoms in total. The molecule has 0 saturated carbocycles. The van der Waals surface area contributed by atoms with Crippen LogP contribution in [0.15, 0.2) is 41.7 Å². The summed E-state index contributed by atoms with van der Waals surface area (Å²) >= 11 is 1.29. The Bertz CT molecular complexity index is 918. The van der Waals surface area contributed by atoms with Gasteiger partial charge < -0.3 is 14.9 Å². The van der Waals surface area contributed by atoms with Crippen molar-refractivity contribution in [2.45, 2.75) is 26.3 Å². The van der Waals surface area contributed by atoms with E-state index < -0.39 is 17.7 Å². The molecule has 0 bridgehead atoms. The number of hydrogen-bond donors (Lipinski definition) is 1. The van der Waals surface area contributed by atoms with Crippen molar-refractivity contribution in [2.75, 3.05) is 27.2 Å². The summed E-state index contributed by atoms with van der Waals surface area (Å²) in [5.74, 6) is -1.26. The molecule has 1 aliphatic heterocycles. The van der Waals surface area contributed by atoms with Gasteiger partial charge in [-0.2, -0.15) is 0 Å². The first-order valence-corrected chi connectivity index (χ1v) is 10.1. The van der Waals surface area contributed by atoms with Crippen LogP contribution in [-0.4, -0.2) is 58.8 Å². The van der Waals surface area contributed by atoms with Crippen LogP contribution in [0.25, 0.3) is 0 Å². The molecular formula is C21H25N3O3S. The number of aliphatic hydroxyl groups is 1. The molecule has 1 aliphatic rings. The smallest absolute Gasteiger partial charge is 0.290 e. The minimum atomic E-state index is -0.592. The molecule has 1 atom stereocenters. The number of carbonyl (C=O) groups is 2. The molecule has 0 radical (unpaired) electrons. The number of amides is 1. The average molecular weight is 400 g/mol. The zero-order chi connectivity index (χ0) is 20.4. The number of aliphatic hydroxyl groups excluding tert-OH is 1. The van der Waals surface area contributed by atoms with Crippen LogP contribution in [0.5, 0.6) is 0 Å². The van der Waals surface area contributed by atoms with Crippen molar-refractivity contribution < 1.29 is 14.7 Å². The van der Waals surface area contributed by atoms with Crippen LogP contribution in [0, 0.1) is 13.8 Å². The van der Waals surface area contributed by atoms with Gasteiger partial charge in [0.05, 0.1) is 27.2 Å². The van der Waals surface area contributed by atoms with Gasteiger partial charge in [-0.15, -0.1) is 11.3 Å². The van der Waals surface area contributed by atoms with Gasteiger partial charge in [0.2, 0.25) is 5.78 Å². The van der Waals surface area contributed by atoms with Gasteiger partial charge in [0.1, 0.15) is 0 Å². The van der Waals surface area contributed by atoms with E-state index in [1.165, 1.54) is 11.3 Å². The second-order valence-corrected chi connectivity index (χ2v) is 8.41. The molecule has 1 aromatic heterocycles. The minimum absolute atomic E-state index is 0.146. The Morgan fingerprint density at radius 2 is 1.93 bits per heavy atom. The van der Waals surface area contributed by atoms with E-state index >= 15 is 0 Å². The van der Waals surface area contributed by atoms with Gasteiger partial charge in [-0.1, -0.05) is 30.3 Å². The summed E-state index contributed by atoms with van der Waals surface area (Å²) in [5, 5.41) is 11.4. The molecule has 0 spiro atoms. The first kappa shape index (κ1) is 20.2. The largest absolute Gasteiger partial charge is 0.503 e. The molecule has 1 aromatic carbocycles. The standard InChI is InChI=1S/C21H25N3O3S/c1-13-20(28-14(2)22-13)18(25)16-17(15-9-6-5-7-10-15)24(21(27)19(16)26)12-8-11-23(3)4/h5-7,9-10,17,26H,8,11-12H2,1-4H3. The number of rotatable bonds is 7. The third kappa shape index (κ3) is 3.86. The van der Waals surface area contributed by atoms with Crippen LogP contribution in [0.3, 0.4) is 0 Å². The van der Waals surface area contributed by atoms with Gasteiger partial charge in [-0.25, -0.2) is 4.98 Å². The predicted molar refractivity (Wildman–Crippen MR) is 110 cm³/mol. The van der Waals surface area contributed by atoms with E-state index in [1.54, 1.807) is 11.8 Å². The lowest BCUT2D eigenvalue weighted by Crippen LogP contribution is -2.33. The Morgan fingerprint density at radius 1 is 1.25 bits per heavy atom. The maximum absolute atomic E-state index is 13.3. The van der Waals surface area contributed by atoms with E-state index in [0.717, 1.165) is 23.5 Å². The molecule has 2 heterocycles. The molecular weight excluding hydrogens is 374 g/mol. The molecule has 1 N–H and O–H groups in total. The molecule has 3 rings (SSSR count). The van der Waals surface area contributed by atoms with Crippen LogP contribution < -0.4 is 0 Å². The van der Waals surface area contributed by atoms with Crippen molar-refractivity contribution in [2.24, 2.45) is 0 Å². The van der Waals surface area contributed by atoms with E-state index in [4.69, 9.17) is 0 Å². The number of thiazole rings is 1. The topological polar surface area (TPSA) is 73.7 Å². The fourth-order valence-corrected chi connectivity index (χ4v) is 4.39. The fourth-order valence-electron chi connectivity index (χ4n) is 3.52. The Hall–Kier alpha value is -2.51. The molecule has 1 amide bonds.